The van der Waals surface area contributed by atoms with Crippen molar-refractivity contribution in [2.24, 2.45) is 16.5 Å². The number of aliphatic hydroxyl groups is 1. The molecule has 2 aromatic heterocycles. The van der Waals surface area contributed by atoms with Crippen LogP contribution in [0.1, 0.15) is 82.0 Å². The van der Waals surface area contributed by atoms with Gasteiger partial charge >= 0.3 is 0 Å². The van der Waals surface area contributed by atoms with Gasteiger partial charge in [0, 0.05) is 81.2 Å². The van der Waals surface area contributed by atoms with Crippen molar-refractivity contribution in [3.05, 3.63) is 90.1 Å². The average molecular weight is 1090 g/mol. The molecule has 2 fully saturated rings. The summed E-state index contributed by atoms with van der Waals surface area (Å²) in [6.45, 7) is 1.81. The molecule has 0 unspecified atom stereocenters. The third kappa shape index (κ3) is 17.7. The Hall–Kier alpha value is -8.68. The fourth-order valence-electron chi connectivity index (χ4n) is 9.46. The Morgan fingerprint density at radius 3 is 2.11 bits per heavy atom. The van der Waals surface area contributed by atoms with Crippen molar-refractivity contribution in [2.45, 2.75) is 133 Å². The number of para-hydroxylation sites is 1. The largest absolute Gasteiger partial charge is 0.394 e. The first-order valence-corrected chi connectivity index (χ1v) is 26.3. The molecular formula is C53H71N15O11. The maximum atomic E-state index is 15.0. The summed E-state index contributed by atoms with van der Waals surface area (Å²) in [6, 6.07) is 5.33. The van der Waals surface area contributed by atoms with Crippen LogP contribution >= 0.6 is 0 Å². The van der Waals surface area contributed by atoms with Crippen LogP contribution < -0.4 is 54.0 Å². The normalized spacial score (nSPS) is 22.7. The number of aliphatic imine (C=N–C) groups is 1. The number of imidazole rings is 1. The Bertz CT molecular complexity index is 2820. The number of amides is 9. The second-order valence-corrected chi connectivity index (χ2v) is 19.6. The van der Waals surface area contributed by atoms with Gasteiger partial charge in [0.1, 0.15) is 48.3 Å². The molecule has 0 aliphatic carbocycles. The quantitative estimate of drug-likeness (QED) is 0.0318. The summed E-state index contributed by atoms with van der Waals surface area (Å²) >= 11 is 0. The zero-order valence-electron chi connectivity index (χ0n) is 44.2. The number of nitrogens with two attached hydrogens (primary N) is 2. The smallest absolute Gasteiger partial charge is 0.245 e. The molecular weight excluding hydrogens is 1020 g/mol. The predicted octanol–water partition coefficient (Wildman–Crippen LogP) is -2.35. The van der Waals surface area contributed by atoms with Crippen molar-refractivity contribution < 1.29 is 53.1 Å². The molecule has 0 saturated carbocycles. The first-order chi connectivity index (χ1) is 37.9. The molecule has 2 aliphatic rings. The maximum Gasteiger partial charge on any atom is 0.245 e. The van der Waals surface area contributed by atoms with Crippen LogP contribution in [0, 0.1) is 0 Å². The van der Waals surface area contributed by atoms with Gasteiger partial charge in [-0.1, -0.05) is 48.5 Å². The zero-order valence-corrected chi connectivity index (χ0v) is 44.2. The van der Waals surface area contributed by atoms with Crippen molar-refractivity contribution in [1.82, 2.24) is 62.4 Å². The standard InChI is InChI=1S/C53H71N15O11/c1-30(70)43(28-69)67-51(78)44-17-10-22-68(44)52(79)39-18-19-45(72)57-20-8-15-37(61-31(2)71)46(73)66-42(25-34-27-56-29-60-34)50(77)64-40(23-32-11-4-3-5-12-32)48(75)62-38(16-9-21-58-53(54)55)47(74)65-41(49(76)63-39)24-33-26-59-36-14-7-6-13-35(33)36/h3-7,11-14,26-27,29,37-44,59,69H,8-10,15-25,28H2,1-2H3,(H,56,60)(H,57,72)(H,61,71)(H,62,75)(H,63,76)(H,64,77)(H,65,74)(H,66,73)(H,67,78)(H4,54,55,58)/t37-,38-,39-,40+,41-,42-,43-,44-/m0/s1. The molecule has 2 saturated heterocycles. The van der Waals surface area contributed by atoms with Gasteiger partial charge in [-0.05, 0) is 69.1 Å². The van der Waals surface area contributed by atoms with Gasteiger partial charge in [-0.2, -0.15) is 0 Å². The van der Waals surface area contributed by atoms with Gasteiger partial charge in [0.15, 0.2) is 11.7 Å². The van der Waals surface area contributed by atoms with E-state index in [2.05, 4.69) is 62.5 Å². The fourth-order valence-corrected chi connectivity index (χ4v) is 9.46. The number of aromatic nitrogens is 3. The second-order valence-electron chi connectivity index (χ2n) is 19.6. The van der Waals surface area contributed by atoms with Gasteiger partial charge in [0.05, 0.1) is 12.9 Å². The molecule has 0 bridgehead atoms. The van der Waals surface area contributed by atoms with Gasteiger partial charge in [0.25, 0.3) is 0 Å². The number of likely N-dealkylation sites (tertiary alicyclic amines) is 1. The number of ketones is 1. The van der Waals surface area contributed by atoms with Gasteiger partial charge < -0.3 is 74.0 Å². The van der Waals surface area contributed by atoms with Crippen molar-refractivity contribution in [3.63, 3.8) is 0 Å². The van der Waals surface area contributed by atoms with Crippen LogP contribution in [0.25, 0.3) is 10.9 Å². The number of nitrogens with one attached hydrogen (secondary N) is 10. The Labute approximate surface area is 455 Å². The van der Waals surface area contributed by atoms with Gasteiger partial charge in [-0.15, -0.1) is 0 Å². The highest BCUT2D eigenvalue weighted by molar-refractivity contribution is 5.99. The van der Waals surface area contributed by atoms with E-state index in [1.54, 1.807) is 42.6 Å². The molecule has 15 N–H and O–H groups in total. The molecule has 26 nitrogen and oxygen atoms in total. The van der Waals surface area contributed by atoms with Crippen molar-refractivity contribution in [3.8, 4) is 0 Å². The molecule has 2 aliphatic heterocycles. The highest BCUT2D eigenvalue weighted by Gasteiger charge is 2.40. The number of carbonyl (C=O) groups excluding carboxylic acids is 10. The highest BCUT2D eigenvalue weighted by Crippen LogP contribution is 2.22. The number of benzene rings is 2. The highest BCUT2D eigenvalue weighted by atomic mass is 16.3. The summed E-state index contributed by atoms with van der Waals surface area (Å²) in [6.07, 6.45) is 4.20. The van der Waals surface area contributed by atoms with E-state index in [9.17, 15) is 53.1 Å². The third-order valence-corrected chi connectivity index (χ3v) is 13.6. The van der Waals surface area contributed by atoms with Crippen LogP contribution in [0.2, 0.25) is 0 Å². The van der Waals surface area contributed by atoms with Crippen LogP contribution in [0.3, 0.4) is 0 Å². The number of hydrogen-bond donors (Lipinski definition) is 13. The lowest BCUT2D eigenvalue weighted by Crippen LogP contribution is -2.61. The van der Waals surface area contributed by atoms with Crippen molar-refractivity contribution in [1.29, 1.82) is 0 Å². The number of guanidine groups is 1. The molecule has 6 rings (SSSR count). The maximum absolute atomic E-state index is 15.0. The minimum absolute atomic E-state index is 0.0100. The van der Waals surface area contributed by atoms with Crippen LogP contribution in [-0.2, 0) is 67.2 Å². The summed E-state index contributed by atoms with van der Waals surface area (Å²) in [4.78, 5) is 155. The van der Waals surface area contributed by atoms with E-state index in [1.807, 2.05) is 18.2 Å². The summed E-state index contributed by atoms with van der Waals surface area (Å²) in [5, 5.41) is 32.2. The second kappa shape index (κ2) is 29.2. The number of aromatic amines is 2. The van der Waals surface area contributed by atoms with Gasteiger partial charge in [0.2, 0.25) is 53.2 Å². The van der Waals surface area contributed by atoms with Crippen molar-refractivity contribution >= 4 is 75.8 Å². The molecule has 424 valence electrons. The number of fused-ring (bicyclic) bond motifs is 1. The number of Topliss-reactive ketones (excluding diaryl/α,β-unsaturated/α-hetero) is 1. The molecule has 79 heavy (non-hydrogen) atoms. The Balaban J connectivity index is 1.40. The van der Waals surface area contributed by atoms with E-state index in [-0.39, 0.29) is 89.8 Å². The molecule has 26 heteroatoms. The minimum Gasteiger partial charge on any atom is -0.394 e. The van der Waals surface area contributed by atoms with E-state index >= 15 is 0 Å². The van der Waals surface area contributed by atoms with E-state index in [1.165, 1.54) is 31.3 Å². The van der Waals surface area contributed by atoms with Crippen LogP contribution in [-0.4, -0.2) is 164 Å². The number of aliphatic hydroxyl groups excluding tert-OH is 1. The van der Waals surface area contributed by atoms with Gasteiger partial charge in [-0.25, -0.2) is 4.98 Å². The molecule has 2 aromatic carbocycles. The molecule has 0 radical (unpaired) electrons. The Kier molecular flexibility index (Phi) is 22.0. The lowest BCUT2D eigenvalue weighted by Gasteiger charge is -2.31. The number of rotatable bonds is 16. The molecule has 4 heterocycles. The number of carbonyl (C=O) groups is 10. The SMILES string of the molecule is CC(=O)N[C@H]1CCCNC(=O)CC[C@@H](C(=O)N2CCC[C@H]2C(=O)N[C@@H](CO)C(C)=O)NC(=O)[C@H](Cc2c[nH]c3ccccc23)NC(=O)[C@H](CCCN=C(N)N)NC(=O)[C@@H](Cc2ccccc2)NC(=O)[C@H](Cc2cnc[nH]2)NC1=O. The molecule has 8 atom stereocenters. The summed E-state index contributed by atoms with van der Waals surface area (Å²) < 4.78 is 0. The van der Waals surface area contributed by atoms with Crippen molar-refractivity contribution in [2.75, 3.05) is 26.2 Å². The summed E-state index contributed by atoms with van der Waals surface area (Å²) in [5.74, 6) is -7.38. The Morgan fingerprint density at radius 1 is 0.772 bits per heavy atom. The third-order valence-electron chi connectivity index (χ3n) is 13.6. The van der Waals surface area contributed by atoms with Gasteiger partial charge in [-0.3, -0.25) is 52.9 Å². The lowest BCUT2D eigenvalue weighted by molar-refractivity contribution is -0.142. The van der Waals surface area contributed by atoms with Crippen LogP contribution in [0.15, 0.2) is 78.3 Å². The van der Waals surface area contributed by atoms with E-state index in [0.29, 0.717) is 28.6 Å². The van der Waals surface area contributed by atoms with E-state index < -0.39 is 114 Å². The monoisotopic (exact) mass is 1090 g/mol. The minimum atomic E-state index is -1.47. The predicted molar refractivity (Wildman–Crippen MR) is 288 cm³/mol. The molecule has 0 spiro atoms. The topological polar surface area (TPSA) is 399 Å². The summed E-state index contributed by atoms with van der Waals surface area (Å²) in [5.41, 5.74) is 13.6. The first-order valence-electron chi connectivity index (χ1n) is 26.3. The number of hydrogen-bond acceptors (Lipinski definition) is 13. The number of H-pyrrole nitrogens is 2. The molecule has 9 amide bonds. The summed E-state index contributed by atoms with van der Waals surface area (Å²) in [7, 11) is 0. The Morgan fingerprint density at radius 2 is 1.43 bits per heavy atom. The molecule has 4 aromatic rings. The van der Waals surface area contributed by atoms with Crippen LogP contribution in [0.5, 0.6) is 0 Å². The van der Waals surface area contributed by atoms with Crippen LogP contribution in [0.4, 0.5) is 0 Å². The van der Waals surface area contributed by atoms with E-state index in [0.717, 1.165) is 5.52 Å². The number of nitrogens with zero attached hydrogens (tertiary/aromatic N) is 3. The average Bonchev–Trinajstić information content (AvgIpc) is 4.27. The van der Waals surface area contributed by atoms with E-state index in [4.69, 9.17) is 11.5 Å². The lowest BCUT2D eigenvalue weighted by atomic mass is 10.0. The zero-order chi connectivity index (χ0) is 57.0. The fraction of sp³-hybridized carbons (Fsp3) is 0.472. The first kappa shape index (κ1) is 59.6.